The van der Waals surface area contributed by atoms with Gasteiger partial charge in [0.15, 0.2) is 0 Å². The first-order valence-electron chi connectivity index (χ1n) is 8.79. The van der Waals surface area contributed by atoms with E-state index in [-0.39, 0.29) is 17.0 Å². The minimum Gasteiger partial charge on any atom is -0.391 e. The van der Waals surface area contributed by atoms with Crippen LogP contribution in [0.25, 0.3) is 5.65 Å². The number of benzene rings is 1. The molecule has 0 bridgehead atoms. The Bertz CT molecular complexity index is 1120. The highest BCUT2D eigenvalue weighted by Crippen LogP contribution is 2.31. The van der Waals surface area contributed by atoms with E-state index in [0.29, 0.717) is 18.0 Å². The number of hydrogen-bond acceptors (Lipinski definition) is 5. The Morgan fingerprint density at radius 1 is 1.30 bits per heavy atom. The molecule has 2 N–H and O–H groups in total. The summed E-state index contributed by atoms with van der Waals surface area (Å²) in [6.45, 7) is 3.75. The molecule has 1 amide bonds. The van der Waals surface area contributed by atoms with E-state index < -0.39 is 6.61 Å². The molecule has 0 fully saturated rings. The molecule has 0 aliphatic carbocycles. The van der Waals surface area contributed by atoms with Gasteiger partial charge >= 0.3 is 0 Å². The number of anilines is 3. The van der Waals surface area contributed by atoms with E-state index >= 15 is 0 Å². The molecule has 4 rings (SSSR count). The number of amides is 1. The zero-order valence-corrected chi connectivity index (χ0v) is 15.2. The van der Waals surface area contributed by atoms with Gasteiger partial charge in [0.05, 0.1) is 12.2 Å². The molecule has 0 unspecified atom stereocenters. The number of hydrogen-bond donors (Lipinski definition) is 2. The van der Waals surface area contributed by atoms with Gasteiger partial charge in [-0.3, -0.25) is 14.0 Å². The smallest absolute Gasteiger partial charge is 0.265 e. The summed E-state index contributed by atoms with van der Waals surface area (Å²) < 4.78 is 1.43. The molecule has 0 atom stereocenters. The van der Waals surface area contributed by atoms with Crippen molar-refractivity contribution in [2.45, 2.75) is 26.9 Å². The topological polar surface area (TPSA) is 86.9 Å². The summed E-state index contributed by atoms with van der Waals surface area (Å²) in [5, 5.41) is 12.9. The maximum absolute atomic E-state index is 12.7. The third kappa shape index (κ3) is 2.96. The Morgan fingerprint density at radius 2 is 2.11 bits per heavy atom. The van der Waals surface area contributed by atoms with E-state index in [9.17, 15) is 14.7 Å². The summed E-state index contributed by atoms with van der Waals surface area (Å²) in [7, 11) is 0. The van der Waals surface area contributed by atoms with E-state index in [0.717, 1.165) is 28.9 Å². The number of aliphatic hydroxyl groups excluding tert-OH is 1. The Kier molecular flexibility index (Phi) is 4.16. The fourth-order valence-electron chi connectivity index (χ4n) is 3.47. The highest BCUT2D eigenvalue weighted by molar-refractivity contribution is 5.94. The van der Waals surface area contributed by atoms with Crippen LogP contribution in [0.1, 0.15) is 23.6 Å². The van der Waals surface area contributed by atoms with Crippen LogP contribution >= 0.6 is 0 Å². The Morgan fingerprint density at radius 3 is 2.85 bits per heavy atom. The number of rotatable bonds is 3. The number of fused-ring (bicyclic) bond motifs is 2. The van der Waals surface area contributed by atoms with Crippen molar-refractivity contribution in [2.75, 3.05) is 16.8 Å². The zero-order valence-electron chi connectivity index (χ0n) is 15.2. The second kappa shape index (κ2) is 6.51. The second-order valence-electron chi connectivity index (χ2n) is 6.72. The summed E-state index contributed by atoms with van der Waals surface area (Å²) in [6, 6.07) is 9.34. The standard InChI is InChI=1S/C20H20N4O3/c1-12-5-7-24-18(9-12)22-19(16(11-25)20(24)27)21-15-3-4-17-14(10-15)6-8-23(17)13(2)26/h3-5,7,9-10,21,25H,6,8,11H2,1-2H3. The number of carbonyl (C=O) groups excluding carboxylic acids is 1. The molecule has 0 radical (unpaired) electrons. The molecule has 1 aliphatic rings. The lowest BCUT2D eigenvalue weighted by molar-refractivity contribution is -0.116. The van der Waals surface area contributed by atoms with Crippen LogP contribution in [0.3, 0.4) is 0 Å². The van der Waals surface area contributed by atoms with Crippen LogP contribution in [0, 0.1) is 6.92 Å². The molecule has 3 aromatic rings. The lowest BCUT2D eigenvalue weighted by Gasteiger charge is -2.16. The van der Waals surface area contributed by atoms with Crippen molar-refractivity contribution in [3.8, 4) is 0 Å². The largest absolute Gasteiger partial charge is 0.391 e. The summed E-state index contributed by atoms with van der Waals surface area (Å²) in [6.07, 6.45) is 2.44. The number of aromatic nitrogens is 2. The van der Waals surface area contributed by atoms with Gasteiger partial charge < -0.3 is 15.3 Å². The number of carbonyl (C=O) groups is 1. The highest BCUT2D eigenvalue weighted by Gasteiger charge is 2.22. The van der Waals surface area contributed by atoms with Crippen molar-refractivity contribution in [1.82, 2.24) is 9.38 Å². The summed E-state index contributed by atoms with van der Waals surface area (Å²) in [5.41, 5.74) is 4.16. The normalized spacial score (nSPS) is 13.1. The van der Waals surface area contributed by atoms with Gasteiger partial charge in [0, 0.05) is 31.0 Å². The summed E-state index contributed by atoms with van der Waals surface area (Å²) in [5.74, 6) is 0.367. The number of nitrogens with one attached hydrogen (secondary N) is 1. The molecule has 0 saturated heterocycles. The first-order chi connectivity index (χ1) is 13.0. The molecule has 7 nitrogen and oxygen atoms in total. The maximum atomic E-state index is 12.7. The van der Waals surface area contributed by atoms with Crippen molar-refractivity contribution in [2.24, 2.45) is 0 Å². The van der Waals surface area contributed by atoms with Crippen LogP contribution in [0.4, 0.5) is 17.2 Å². The number of pyridine rings is 1. The highest BCUT2D eigenvalue weighted by atomic mass is 16.3. The van der Waals surface area contributed by atoms with E-state index in [1.165, 1.54) is 4.40 Å². The van der Waals surface area contributed by atoms with Crippen LogP contribution in [-0.4, -0.2) is 26.9 Å². The summed E-state index contributed by atoms with van der Waals surface area (Å²) in [4.78, 5) is 30.6. The molecule has 27 heavy (non-hydrogen) atoms. The van der Waals surface area contributed by atoms with Crippen molar-refractivity contribution in [3.05, 3.63) is 63.6 Å². The molecule has 138 valence electrons. The average molecular weight is 364 g/mol. The van der Waals surface area contributed by atoms with Crippen LogP contribution in [-0.2, 0) is 17.8 Å². The van der Waals surface area contributed by atoms with Crippen molar-refractivity contribution >= 4 is 28.7 Å². The third-order valence-electron chi connectivity index (χ3n) is 4.86. The van der Waals surface area contributed by atoms with Gasteiger partial charge in [0.2, 0.25) is 5.91 Å². The fraction of sp³-hybridized carbons (Fsp3) is 0.250. The van der Waals surface area contributed by atoms with Crippen LogP contribution < -0.4 is 15.8 Å². The Hall–Kier alpha value is -3.19. The minimum atomic E-state index is -0.409. The first kappa shape index (κ1) is 17.2. The zero-order chi connectivity index (χ0) is 19.1. The van der Waals surface area contributed by atoms with E-state index in [1.54, 1.807) is 18.0 Å². The molecule has 3 heterocycles. The second-order valence-corrected chi connectivity index (χ2v) is 6.72. The first-order valence-corrected chi connectivity index (χ1v) is 8.79. The SMILES string of the molecule is CC(=O)N1CCc2cc(Nc3nc4cc(C)ccn4c(=O)c3CO)ccc21. The minimum absolute atomic E-state index is 0.0246. The van der Waals surface area contributed by atoms with Crippen LogP contribution in [0.15, 0.2) is 41.3 Å². The third-order valence-corrected chi connectivity index (χ3v) is 4.86. The number of aryl methyl sites for hydroxylation is 1. The van der Waals surface area contributed by atoms with Crippen molar-refractivity contribution < 1.29 is 9.90 Å². The van der Waals surface area contributed by atoms with Gasteiger partial charge in [-0.15, -0.1) is 0 Å². The molecule has 1 aromatic carbocycles. The molecule has 7 heteroatoms. The fourth-order valence-corrected chi connectivity index (χ4v) is 3.47. The molecule has 2 aromatic heterocycles. The van der Waals surface area contributed by atoms with Crippen LogP contribution in [0.5, 0.6) is 0 Å². The Balaban J connectivity index is 1.76. The monoisotopic (exact) mass is 364 g/mol. The molecule has 0 spiro atoms. The maximum Gasteiger partial charge on any atom is 0.265 e. The van der Waals surface area contributed by atoms with Crippen molar-refractivity contribution in [3.63, 3.8) is 0 Å². The molecule has 1 aliphatic heterocycles. The van der Waals surface area contributed by atoms with E-state index in [2.05, 4.69) is 10.3 Å². The van der Waals surface area contributed by atoms with Gasteiger partial charge in [-0.1, -0.05) is 0 Å². The van der Waals surface area contributed by atoms with Gasteiger partial charge in [-0.05, 0) is 54.8 Å². The average Bonchev–Trinajstić information content (AvgIpc) is 3.05. The van der Waals surface area contributed by atoms with Crippen molar-refractivity contribution in [1.29, 1.82) is 0 Å². The predicted molar refractivity (Wildman–Crippen MR) is 104 cm³/mol. The number of nitrogens with zero attached hydrogens (tertiary/aromatic N) is 3. The van der Waals surface area contributed by atoms with Gasteiger partial charge in [-0.25, -0.2) is 4.98 Å². The molecular weight excluding hydrogens is 344 g/mol. The van der Waals surface area contributed by atoms with Gasteiger partial charge in [0.1, 0.15) is 11.5 Å². The lowest BCUT2D eigenvalue weighted by atomic mass is 10.1. The molecule has 0 saturated carbocycles. The molecular formula is C20H20N4O3. The van der Waals surface area contributed by atoms with E-state index in [4.69, 9.17) is 0 Å². The predicted octanol–water partition coefficient (Wildman–Crippen LogP) is 2.15. The quantitative estimate of drug-likeness (QED) is 0.744. The van der Waals surface area contributed by atoms with Crippen LogP contribution in [0.2, 0.25) is 0 Å². The van der Waals surface area contributed by atoms with E-state index in [1.807, 2.05) is 37.3 Å². The Labute approximate surface area is 155 Å². The number of aliphatic hydroxyl groups is 1. The van der Waals surface area contributed by atoms with Gasteiger partial charge in [-0.2, -0.15) is 0 Å². The lowest BCUT2D eigenvalue weighted by Crippen LogP contribution is -2.25. The summed E-state index contributed by atoms with van der Waals surface area (Å²) >= 11 is 0. The van der Waals surface area contributed by atoms with Gasteiger partial charge in [0.25, 0.3) is 5.56 Å².